The Morgan fingerprint density at radius 2 is 1.72 bits per heavy atom. The van der Waals surface area contributed by atoms with Crippen LogP contribution in [0.2, 0.25) is 0 Å². The fourth-order valence-electron chi connectivity index (χ4n) is 3.83. The number of carbonyl (C=O) groups excluding carboxylic acids is 1. The summed E-state index contributed by atoms with van der Waals surface area (Å²) in [7, 11) is 0. The second kappa shape index (κ2) is 7.92. The molecule has 3 aromatic rings. The van der Waals surface area contributed by atoms with Gasteiger partial charge in [0.15, 0.2) is 5.76 Å². The van der Waals surface area contributed by atoms with Gasteiger partial charge < -0.3 is 10.0 Å². The van der Waals surface area contributed by atoms with E-state index in [-0.39, 0.29) is 17.7 Å². The lowest BCUT2D eigenvalue weighted by Crippen LogP contribution is -2.29. The molecule has 29 heavy (non-hydrogen) atoms. The lowest BCUT2D eigenvalue weighted by atomic mass is 9.91. The molecule has 0 fully saturated rings. The van der Waals surface area contributed by atoms with E-state index in [1.165, 1.54) is 5.56 Å². The lowest BCUT2D eigenvalue weighted by Gasteiger charge is -2.27. The predicted molar refractivity (Wildman–Crippen MR) is 114 cm³/mol. The molecule has 1 atom stereocenters. The molecule has 0 bridgehead atoms. The van der Waals surface area contributed by atoms with E-state index in [0.717, 1.165) is 16.7 Å². The highest BCUT2D eigenvalue weighted by Crippen LogP contribution is 2.43. The van der Waals surface area contributed by atoms with Gasteiger partial charge in [-0.25, -0.2) is 0 Å². The van der Waals surface area contributed by atoms with Gasteiger partial charge in [0.25, 0.3) is 5.91 Å². The van der Waals surface area contributed by atoms with Crippen LogP contribution in [0.5, 0.6) is 0 Å². The molecular formula is C25H24N2O2. The molecule has 0 spiro atoms. The van der Waals surface area contributed by atoms with E-state index in [0.29, 0.717) is 18.0 Å². The molecule has 1 aliphatic heterocycles. The first-order valence-corrected chi connectivity index (χ1v) is 9.84. The van der Waals surface area contributed by atoms with Gasteiger partial charge in [0, 0.05) is 24.5 Å². The molecule has 0 saturated carbocycles. The summed E-state index contributed by atoms with van der Waals surface area (Å²) < 4.78 is 0. The van der Waals surface area contributed by atoms with Crippen LogP contribution >= 0.6 is 0 Å². The van der Waals surface area contributed by atoms with E-state index in [9.17, 15) is 9.90 Å². The minimum Gasteiger partial charge on any atom is -0.503 e. The van der Waals surface area contributed by atoms with Crippen molar-refractivity contribution in [3.8, 4) is 0 Å². The smallest absolute Gasteiger partial charge is 0.290 e. The van der Waals surface area contributed by atoms with Crippen molar-refractivity contribution in [2.24, 2.45) is 0 Å². The molecule has 0 aliphatic carbocycles. The number of aliphatic hydroxyl groups is 1. The van der Waals surface area contributed by atoms with Gasteiger partial charge in [-0.2, -0.15) is 0 Å². The molecule has 0 saturated heterocycles. The zero-order valence-corrected chi connectivity index (χ0v) is 16.6. The van der Waals surface area contributed by atoms with E-state index in [1.54, 1.807) is 17.3 Å². The SMILES string of the molecule is CC(C)c1ccc([C@@H]2C(c3ccccc3)=C(O)C(=O)N2Cc2cccnc2)cc1. The van der Waals surface area contributed by atoms with Gasteiger partial charge in [0.1, 0.15) is 0 Å². The van der Waals surface area contributed by atoms with E-state index in [4.69, 9.17) is 0 Å². The third-order valence-corrected chi connectivity index (χ3v) is 5.38. The Balaban J connectivity index is 1.80. The monoisotopic (exact) mass is 384 g/mol. The highest BCUT2D eigenvalue weighted by Gasteiger charge is 2.40. The van der Waals surface area contributed by atoms with Crippen LogP contribution in [-0.4, -0.2) is 20.9 Å². The fourth-order valence-corrected chi connectivity index (χ4v) is 3.83. The molecule has 1 amide bonds. The lowest BCUT2D eigenvalue weighted by molar-refractivity contribution is -0.130. The molecule has 1 aliphatic rings. The number of carbonyl (C=O) groups is 1. The van der Waals surface area contributed by atoms with Crippen LogP contribution < -0.4 is 0 Å². The molecule has 1 aromatic heterocycles. The highest BCUT2D eigenvalue weighted by atomic mass is 16.3. The van der Waals surface area contributed by atoms with Crippen molar-refractivity contribution in [2.45, 2.75) is 32.4 Å². The van der Waals surface area contributed by atoms with Gasteiger partial charge in [-0.1, -0.05) is 74.5 Å². The minimum atomic E-state index is -0.356. The molecule has 2 heterocycles. The van der Waals surface area contributed by atoms with Crippen LogP contribution in [0, 0.1) is 0 Å². The van der Waals surface area contributed by atoms with Crippen LogP contribution in [0.25, 0.3) is 5.57 Å². The van der Waals surface area contributed by atoms with Crippen molar-refractivity contribution in [3.63, 3.8) is 0 Å². The number of rotatable bonds is 5. The van der Waals surface area contributed by atoms with Crippen molar-refractivity contribution < 1.29 is 9.90 Å². The molecule has 4 nitrogen and oxygen atoms in total. The molecule has 1 N–H and O–H groups in total. The Hall–Kier alpha value is -3.40. The fraction of sp³-hybridized carbons (Fsp3) is 0.200. The van der Waals surface area contributed by atoms with Crippen molar-refractivity contribution in [1.29, 1.82) is 0 Å². The summed E-state index contributed by atoms with van der Waals surface area (Å²) in [6, 6.07) is 21.4. The van der Waals surface area contributed by atoms with E-state index in [1.807, 2.05) is 42.5 Å². The first kappa shape index (κ1) is 18.9. The number of pyridine rings is 1. The quantitative estimate of drug-likeness (QED) is 0.653. The van der Waals surface area contributed by atoms with E-state index in [2.05, 4.69) is 43.1 Å². The summed E-state index contributed by atoms with van der Waals surface area (Å²) in [5.41, 5.74) is 4.65. The molecule has 0 unspecified atom stereocenters. The van der Waals surface area contributed by atoms with Crippen LogP contribution in [0.1, 0.15) is 48.1 Å². The topological polar surface area (TPSA) is 53.4 Å². The highest BCUT2D eigenvalue weighted by molar-refractivity contribution is 6.05. The van der Waals surface area contributed by atoms with Crippen molar-refractivity contribution in [3.05, 3.63) is 107 Å². The summed E-state index contributed by atoms with van der Waals surface area (Å²) in [5.74, 6) is -0.109. The number of hydrogen-bond acceptors (Lipinski definition) is 3. The average molecular weight is 384 g/mol. The third-order valence-electron chi connectivity index (χ3n) is 5.38. The first-order chi connectivity index (χ1) is 14.1. The number of nitrogens with zero attached hydrogens (tertiary/aromatic N) is 2. The number of benzene rings is 2. The summed E-state index contributed by atoms with van der Waals surface area (Å²) in [6.45, 7) is 4.69. The number of aliphatic hydroxyl groups excluding tert-OH is 1. The largest absolute Gasteiger partial charge is 0.503 e. The molecule has 146 valence electrons. The summed E-state index contributed by atoms with van der Waals surface area (Å²) in [4.78, 5) is 18.9. The maximum absolute atomic E-state index is 13.0. The summed E-state index contributed by atoms with van der Waals surface area (Å²) in [5, 5.41) is 10.8. The third kappa shape index (κ3) is 3.66. The predicted octanol–water partition coefficient (Wildman–Crippen LogP) is 5.26. The normalized spacial score (nSPS) is 16.7. The van der Waals surface area contributed by atoms with E-state index >= 15 is 0 Å². The molecule has 0 radical (unpaired) electrons. The second-order valence-electron chi connectivity index (χ2n) is 7.65. The van der Waals surface area contributed by atoms with E-state index < -0.39 is 0 Å². The maximum atomic E-state index is 13.0. The van der Waals surface area contributed by atoms with Gasteiger partial charge in [-0.05, 0) is 34.2 Å². The molecule has 4 heteroatoms. The number of aromatic nitrogens is 1. The van der Waals surface area contributed by atoms with Crippen molar-refractivity contribution in [1.82, 2.24) is 9.88 Å². The standard InChI is InChI=1S/C25H24N2O2/c1-17(2)19-10-12-21(13-11-19)23-22(20-8-4-3-5-9-20)24(28)25(29)27(23)16-18-7-6-14-26-15-18/h3-15,17,23,28H,16H2,1-2H3/t23-/m1/s1. The maximum Gasteiger partial charge on any atom is 0.290 e. The summed E-state index contributed by atoms with van der Waals surface area (Å²) in [6.07, 6.45) is 3.46. The second-order valence-corrected chi connectivity index (χ2v) is 7.65. The summed E-state index contributed by atoms with van der Waals surface area (Å²) >= 11 is 0. The van der Waals surface area contributed by atoms with Crippen LogP contribution in [-0.2, 0) is 11.3 Å². The number of amides is 1. The average Bonchev–Trinajstić information content (AvgIpc) is 3.00. The zero-order chi connectivity index (χ0) is 20.4. The van der Waals surface area contributed by atoms with Crippen molar-refractivity contribution in [2.75, 3.05) is 0 Å². The zero-order valence-electron chi connectivity index (χ0n) is 16.6. The van der Waals surface area contributed by atoms with Gasteiger partial charge in [0.05, 0.1) is 6.04 Å². The molecular weight excluding hydrogens is 360 g/mol. The Bertz CT molecular complexity index is 1030. The number of hydrogen-bond donors (Lipinski definition) is 1. The van der Waals surface area contributed by atoms with Gasteiger partial charge in [-0.15, -0.1) is 0 Å². The van der Waals surface area contributed by atoms with Crippen LogP contribution in [0.4, 0.5) is 0 Å². The van der Waals surface area contributed by atoms with Crippen LogP contribution in [0.3, 0.4) is 0 Å². The van der Waals surface area contributed by atoms with Gasteiger partial charge >= 0.3 is 0 Å². The minimum absolute atomic E-state index is 0.182. The molecule has 2 aromatic carbocycles. The van der Waals surface area contributed by atoms with Crippen LogP contribution in [0.15, 0.2) is 84.9 Å². The Morgan fingerprint density at radius 1 is 1.00 bits per heavy atom. The van der Waals surface area contributed by atoms with Gasteiger partial charge in [-0.3, -0.25) is 9.78 Å². The Kier molecular flexibility index (Phi) is 5.17. The van der Waals surface area contributed by atoms with Crippen molar-refractivity contribution >= 4 is 11.5 Å². The van der Waals surface area contributed by atoms with Gasteiger partial charge in [0.2, 0.25) is 0 Å². The first-order valence-electron chi connectivity index (χ1n) is 9.84. The Morgan fingerprint density at radius 3 is 2.34 bits per heavy atom. The molecule has 4 rings (SSSR count). The Labute approximate surface area is 171 Å².